The molecule has 21 heavy (non-hydrogen) atoms. The summed E-state index contributed by atoms with van der Waals surface area (Å²) in [4.78, 5) is 24.3. The topological polar surface area (TPSA) is 114 Å². The molecule has 2 atom stereocenters. The maximum absolute atomic E-state index is 12.1. The molecule has 1 aromatic carbocycles. The van der Waals surface area contributed by atoms with Crippen molar-refractivity contribution in [2.24, 2.45) is 0 Å². The first-order chi connectivity index (χ1) is 9.92. The van der Waals surface area contributed by atoms with Gasteiger partial charge in [-0.15, -0.1) is 0 Å². The van der Waals surface area contributed by atoms with Crippen LogP contribution in [0.15, 0.2) is 22.7 Å². The van der Waals surface area contributed by atoms with Crippen molar-refractivity contribution in [2.75, 3.05) is 11.9 Å². The third kappa shape index (κ3) is 3.32. The van der Waals surface area contributed by atoms with Crippen molar-refractivity contribution in [3.63, 3.8) is 0 Å². The maximum atomic E-state index is 12.1. The highest BCUT2D eigenvalue weighted by atomic mass is 79.9. The lowest BCUT2D eigenvalue weighted by atomic mass is 10.2. The van der Waals surface area contributed by atoms with E-state index < -0.39 is 24.1 Å². The summed E-state index contributed by atoms with van der Waals surface area (Å²) in [6, 6.07) is 4.97. The van der Waals surface area contributed by atoms with Crippen LogP contribution < -0.4 is 5.32 Å². The van der Waals surface area contributed by atoms with Gasteiger partial charge in [-0.1, -0.05) is 15.9 Å². The van der Waals surface area contributed by atoms with E-state index in [0.717, 1.165) is 4.90 Å². The predicted octanol–water partition coefficient (Wildman–Crippen LogP) is 1.37. The molecule has 1 aliphatic heterocycles. The molecule has 0 spiro atoms. The monoisotopic (exact) mass is 353 g/mol. The number of hydrogen-bond acceptors (Lipinski definition) is 4. The molecule has 1 aliphatic rings. The third-order valence-electron chi connectivity index (χ3n) is 3.17. The van der Waals surface area contributed by atoms with Crippen LogP contribution in [0.1, 0.15) is 12.0 Å². The summed E-state index contributed by atoms with van der Waals surface area (Å²) in [6.45, 7) is -0.0544. The molecule has 1 saturated heterocycles. The first kappa shape index (κ1) is 15.3. The fraction of sp³-hybridized carbons (Fsp3) is 0.308. The summed E-state index contributed by atoms with van der Waals surface area (Å²) < 4.78 is 0.692. The fourth-order valence-corrected chi connectivity index (χ4v) is 2.54. The Morgan fingerprint density at radius 1 is 1.48 bits per heavy atom. The SMILES string of the molecule is N#Cc1cc(Br)ccc1NC(=O)N1C[C@H](O)C[C@H]1C(=O)O. The number of rotatable bonds is 2. The van der Waals surface area contributed by atoms with Gasteiger partial charge in [-0.25, -0.2) is 9.59 Å². The average Bonchev–Trinajstić information content (AvgIpc) is 2.83. The van der Waals surface area contributed by atoms with E-state index in [4.69, 9.17) is 10.4 Å². The molecule has 1 fully saturated rings. The number of aliphatic carboxylic acids is 1. The molecule has 2 amide bonds. The number of nitriles is 1. The third-order valence-corrected chi connectivity index (χ3v) is 3.66. The van der Waals surface area contributed by atoms with Gasteiger partial charge in [0.1, 0.15) is 12.1 Å². The Bertz CT molecular complexity index is 628. The van der Waals surface area contributed by atoms with Gasteiger partial charge >= 0.3 is 12.0 Å². The molecular weight excluding hydrogens is 342 g/mol. The summed E-state index contributed by atoms with van der Waals surface area (Å²) in [7, 11) is 0. The molecule has 0 saturated carbocycles. The second-order valence-electron chi connectivity index (χ2n) is 4.63. The lowest BCUT2D eigenvalue weighted by Crippen LogP contribution is -2.43. The zero-order valence-corrected chi connectivity index (χ0v) is 12.4. The van der Waals surface area contributed by atoms with Gasteiger partial charge in [-0.3, -0.25) is 0 Å². The number of β-amino-alcohol motifs (C(OH)–C–C–N with tert-alkyl or cyclic N) is 1. The molecule has 1 aromatic rings. The minimum Gasteiger partial charge on any atom is -0.480 e. The van der Waals surface area contributed by atoms with E-state index in [0.29, 0.717) is 4.47 Å². The number of likely N-dealkylation sites (tertiary alicyclic amines) is 1. The number of carboxylic acid groups (broad SMARTS) is 1. The Labute approximate surface area is 128 Å². The van der Waals surface area contributed by atoms with E-state index >= 15 is 0 Å². The largest absolute Gasteiger partial charge is 0.480 e. The molecular formula is C13H12BrN3O4. The van der Waals surface area contributed by atoms with Gasteiger partial charge in [0, 0.05) is 17.4 Å². The number of nitrogens with one attached hydrogen (secondary N) is 1. The Balaban J connectivity index is 2.18. The van der Waals surface area contributed by atoms with Gasteiger partial charge in [0.25, 0.3) is 0 Å². The van der Waals surface area contributed by atoms with Gasteiger partial charge < -0.3 is 20.4 Å². The highest BCUT2D eigenvalue weighted by Gasteiger charge is 2.39. The van der Waals surface area contributed by atoms with Crippen molar-refractivity contribution < 1.29 is 19.8 Å². The van der Waals surface area contributed by atoms with E-state index in [1.807, 2.05) is 6.07 Å². The summed E-state index contributed by atoms with van der Waals surface area (Å²) >= 11 is 3.22. The number of benzene rings is 1. The minimum absolute atomic E-state index is 0.00576. The average molecular weight is 354 g/mol. The van der Waals surface area contributed by atoms with E-state index in [2.05, 4.69) is 21.2 Å². The molecule has 1 heterocycles. The molecule has 0 radical (unpaired) electrons. The number of halogens is 1. The van der Waals surface area contributed by atoms with Gasteiger partial charge in [0.15, 0.2) is 0 Å². The van der Waals surface area contributed by atoms with Crippen LogP contribution in [0.5, 0.6) is 0 Å². The van der Waals surface area contributed by atoms with Gasteiger partial charge in [0.05, 0.1) is 17.4 Å². The van der Waals surface area contributed by atoms with Crippen LogP contribution in [-0.4, -0.2) is 45.8 Å². The molecule has 0 bridgehead atoms. The highest BCUT2D eigenvalue weighted by Crippen LogP contribution is 2.23. The first-order valence-corrected chi connectivity index (χ1v) is 6.90. The van der Waals surface area contributed by atoms with Crippen LogP contribution in [0.2, 0.25) is 0 Å². The van der Waals surface area contributed by atoms with Crippen molar-refractivity contribution in [1.82, 2.24) is 4.90 Å². The van der Waals surface area contributed by atoms with Crippen LogP contribution >= 0.6 is 15.9 Å². The van der Waals surface area contributed by atoms with Gasteiger partial charge in [0.2, 0.25) is 0 Å². The number of nitrogens with zero attached hydrogens (tertiary/aromatic N) is 2. The zero-order chi connectivity index (χ0) is 15.6. The van der Waals surface area contributed by atoms with Crippen molar-refractivity contribution in [1.29, 1.82) is 5.26 Å². The predicted molar refractivity (Wildman–Crippen MR) is 76.6 cm³/mol. The Kier molecular flexibility index (Phi) is 4.45. The van der Waals surface area contributed by atoms with Crippen LogP contribution in [0.4, 0.5) is 10.5 Å². The Morgan fingerprint density at radius 2 is 2.19 bits per heavy atom. The quantitative estimate of drug-likeness (QED) is 0.742. The van der Waals surface area contributed by atoms with E-state index in [1.165, 1.54) is 0 Å². The number of carbonyl (C=O) groups is 2. The number of urea groups is 1. The Morgan fingerprint density at radius 3 is 2.81 bits per heavy atom. The second-order valence-corrected chi connectivity index (χ2v) is 5.54. The molecule has 7 nitrogen and oxygen atoms in total. The number of aliphatic hydroxyl groups excluding tert-OH is 1. The summed E-state index contributed by atoms with van der Waals surface area (Å²) in [5.74, 6) is -1.17. The number of carboxylic acids is 1. The molecule has 0 aliphatic carbocycles. The molecule has 110 valence electrons. The number of amides is 2. The number of aliphatic hydroxyl groups is 1. The van der Waals surface area contributed by atoms with Gasteiger partial charge in [-0.2, -0.15) is 5.26 Å². The summed E-state index contributed by atoms with van der Waals surface area (Å²) in [6.07, 6.45) is -0.869. The summed E-state index contributed by atoms with van der Waals surface area (Å²) in [5.41, 5.74) is 0.542. The van der Waals surface area contributed by atoms with Crippen LogP contribution in [0.25, 0.3) is 0 Å². The van der Waals surface area contributed by atoms with Crippen molar-refractivity contribution in [3.8, 4) is 6.07 Å². The zero-order valence-electron chi connectivity index (χ0n) is 10.8. The van der Waals surface area contributed by atoms with Crippen LogP contribution in [0.3, 0.4) is 0 Å². The van der Waals surface area contributed by atoms with E-state index in [1.54, 1.807) is 18.2 Å². The normalized spacial score (nSPS) is 20.9. The minimum atomic E-state index is -1.17. The lowest BCUT2D eigenvalue weighted by Gasteiger charge is -2.21. The van der Waals surface area contributed by atoms with Crippen LogP contribution in [-0.2, 0) is 4.79 Å². The fourth-order valence-electron chi connectivity index (χ4n) is 2.18. The van der Waals surface area contributed by atoms with Crippen molar-refractivity contribution in [2.45, 2.75) is 18.6 Å². The van der Waals surface area contributed by atoms with E-state index in [-0.39, 0.29) is 24.2 Å². The van der Waals surface area contributed by atoms with Crippen molar-refractivity contribution in [3.05, 3.63) is 28.2 Å². The Hall–Kier alpha value is -2.11. The van der Waals surface area contributed by atoms with E-state index in [9.17, 15) is 14.7 Å². The molecule has 0 aromatic heterocycles. The maximum Gasteiger partial charge on any atom is 0.326 e. The van der Waals surface area contributed by atoms with Gasteiger partial charge in [-0.05, 0) is 18.2 Å². The number of hydrogen-bond donors (Lipinski definition) is 3. The summed E-state index contributed by atoms with van der Waals surface area (Å²) in [5, 5.41) is 30.1. The lowest BCUT2D eigenvalue weighted by molar-refractivity contribution is -0.141. The highest BCUT2D eigenvalue weighted by molar-refractivity contribution is 9.10. The molecule has 0 unspecified atom stereocenters. The standard InChI is InChI=1S/C13H12BrN3O4/c14-8-1-2-10(7(3-8)5-15)16-13(21)17-6-9(18)4-11(17)12(19)20/h1-3,9,11,18H,4,6H2,(H,16,21)(H,19,20)/t9-,11+/m1/s1. The molecule has 2 rings (SSSR count). The second kappa shape index (κ2) is 6.11. The van der Waals surface area contributed by atoms with Crippen LogP contribution in [0, 0.1) is 11.3 Å². The smallest absolute Gasteiger partial charge is 0.326 e. The first-order valence-electron chi connectivity index (χ1n) is 6.10. The van der Waals surface area contributed by atoms with Crippen molar-refractivity contribution >= 4 is 33.6 Å². The number of anilines is 1. The number of carbonyl (C=O) groups excluding carboxylic acids is 1. The molecule has 3 N–H and O–H groups in total. The molecule has 8 heteroatoms.